The van der Waals surface area contributed by atoms with Gasteiger partial charge in [0, 0.05) is 27.9 Å². The van der Waals surface area contributed by atoms with Crippen molar-refractivity contribution in [3.8, 4) is 0 Å². The van der Waals surface area contributed by atoms with Gasteiger partial charge in [-0.2, -0.15) is 26.3 Å². The molecule has 0 atom stereocenters. The molecular weight excluding hydrogens is 566 g/mol. The lowest BCUT2D eigenvalue weighted by molar-refractivity contribution is -0.138. The van der Waals surface area contributed by atoms with E-state index < -0.39 is 23.5 Å². The van der Waals surface area contributed by atoms with Gasteiger partial charge in [0.1, 0.15) is 0 Å². The molecule has 3 rings (SSSR count). The van der Waals surface area contributed by atoms with E-state index in [0.29, 0.717) is 33.0 Å². The molecule has 0 aliphatic carbocycles. The zero-order valence-electron chi connectivity index (χ0n) is 15.5. The minimum atomic E-state index is -4.33. The Labute approximate surface area is 200 Å². The summed E-state index contributed by atoms with van der Waals surface area (Å²) in [7, 11) is 0. The van der Waals surface area contributed by atoms with Gasteiger partial charge < -0.3 is 4.57 Å². The minimum Gasteiger partial charge on any atom is -0.333 e. The number of aryl methyl sites for hydroxylation is 1. The quantitative estimate of drug-likeness (QED) is 0.279. The molecule has 1 aromatic heterocycles. The molecule has 0 unspecified atom stereocenters. The van der Waals surface area contributed by atoms with Gasteiger partial charge in [-0.25, -0.2) is 4.98 Å². The van der Waals surface area contributed by atoms with Crippen molar-refractivity contribution in [1.29, 1.82) is 0 Å². The predicted octanol–water partition coefficient (Wildman–Crippen LogP) is 9.02. The van der Waals surface area contributed by atoms with Gasteiger partial charge in [0.05, 0.1) is 17.5 Å². The molecule has 0 amide bonds. The summed E-state index contributed by atoms with van der Waals surface area (Å²) < 4.78 is 77.2. The number of nitrogens with zero attached hydrogens (tertiary/aromatic N) is 2. The highest BCUT2D eigenvalue weighted by Gasteiger charge is 2.31. The Morgan fingerprint density at radius 2 is 1.25 bits per heavy atom. The number of aromatic nitrogens is 2. The van der Waals surface area contributed by atoms with Crippen molar-refractivity contribution < 1.29 is 26.3 Å². The van der Waals surface area contributed by atoms with Crippen molar-refractivity contribution in [1.82, 2.24) is 9.55 Å². The summed E-state index contributed by atoms with van der Waals surface area (Å²) in [6, 6.07) is 7.82. The molecule has 3 aromatic rings. The third-order valence-electron chi connectivity index (χ3n) is 3.90. The van der Waals surface area contributed by atoms with Crippen LogP contribution in [0.25, 0.3) is 0 Å². The van der Waals surface area contributed by atoms with Crippen LogP contribution in [-0.2, 0) is 25.3 Å². The Morgan fingerprint density at radius 1 is 0.781 bits per heavy atom. The van der Waals surface area contributed by atoms with Gasteiger partial charge in [-0.15, -0.1) is 0 Å². The van der Waals surface area contributed by atoms with Crippen molar-refractivity contribution in [3.63, 3.8) is 0 Å². The van der Waals surface area contributed by atoms with Gasteiger partial charge >= 0.3 is 12.4 Å². The van der Waals surface area contributed by atoms with Crippen LogP contribution in [0, 0.1) is 0 Å². The van der Waals surface area contributed by atoms with Crippen molar-refractivity contribution in [3.05, 3.63) is 86.3 Å². The summed E-state index contributed by atoms with van der Waals surface area (Å²) in [5.74, 6) is 0. The van der Waals surface area contributed by atoms with Crippen molar-refractivity contribution in [2.45, 2.75) is 47.1 Å². The number of hydrogen-bond acceptors (Lipinski definition) is 1. The van der Waals surface area contributed by atoms with Crippen LogP contribution < -0.4 is 0 Å². The molecule has 10 heteroatoms. The fourth-order valence-electron chi connectivity index (χ4n) is 2.51. The maximum Gasteiger partial charge on any atom is 0.416 e. The number of imidazole rings is 1. The molecule has 1 heterocycles. The molecule has 0 spiro atoms. The van der Waals surface area contributed by atoms with E-state index in [0.717, 1.165) is 18.2 Å². The summed E-state index contributed by atoms with van der Waals surface area (Å²) in [4.78, 5) is 3.84. The Balaban J connectivity index is 0.000000584. The van der Waals surface area contributed by atoms with Crippen LogP contribution in [0.1, 0.15) is 44.0 Å². The lowest BCUT2D eigenvalue weighted by atomic mass is 10.1. The monoisotopic (exact) mass is 588 g/mol. The van der Waals surface area contributed by atoms with Crippen LogP contribution in [-0.4, -0.2) is 9.55 Å². The lowest BCUT2D eigenvalue weighted by Gasteiger charge is -2.10. The van der Waals surface area contributed by atoms with Crippen LogP contribution in [0.15, 0.2) is 64.1 Å². The molecule has 0 fully saturated rings. The van der Waals surface area contributed by atoms with Crippen molar-refractivity contribution >= 4 is 31.9 Å². The van der Waals surface area contributed by atoms with E-state index in [1.165, 1.54) is 6.07 Å². The van der Waals surface area contributed by atoms with E-state index in [-0.39, 0.29) is 14.9 Å². The minimum absolute atomic E-state index is 0. The maximum absolute atomic E-state index is 12.6. The summed E-state index contributed by atoms with van der Waals surface area (Å²) in [5, 5.41) is 0. The SMILES string of the molecule is C.C.CCc1cc(Br)cc(C(F)(F)F)c1.FC(F)(F)c1cc(Br)cc(Cn2ccnc2)c1. The average molecular weight is 590 g/mol. The van der Waals surface area contributed by atoms with E-state index in [1.54, 1.807) is 35.4 Å². The first kappa shape index (κ1) is 30.2. The Morgan fingerprint density at radius 3 is 1.66 bits per heavy atom. The molecular formula is C22H24Br2F6N2. The number of hydrogen-bond donors (Lipinski definition) is 0. The highest BCUT2D eigenvalue weighted by atomic mass is 79.9. The molecule has 0 bridgehead atoms. The standard InChI is InChI=1S/C11H8BrF3N2.C9H8BrF3.2CH4/c12-10-4-8(6-17-2-1-16-7-17)3-9(5-10)11(13,14)15;1-2-6-3-7(9(11,12)13)5-8(10)4-6;;/h1-5,7H,6H2;3-5H,2H2,1H3;2*1H4. The van der Waals surface area contributed by atoms with Crippen molar-refractivity contribution in [2.24, 2.45) is 0 Å². The van der Waals surface area contributed by atoms with Gasteiger partial charge in [-0.05, 0) is 53.9 Å². The van der Waals surface area contributed by atoms with Crippen LogP contribution in [0.2, 0.25) is 0 Å². The summed E-state index contributed by atoms with van der Waals surface area (Å²) in [5.41, 5.74) is 0.00659. The second kappa shape index (κ2) is 12.4. The molecule has 0 aliphatic rings. The summed E-state index contributed by atoms with van der Waals surface area (Å²) in [6.07, 6.45) is -3.13. The van der Waals surface area contributed by atoms with E-state index in [9.17, 15) is 26.3 Å². The number of rotatable bonds is 3. The van der Waals surface area contributed by atoms with Crippen molar-refractivity contribution in [2.75, 3.05) is 0 Å². The summed E-state index contributed by atoms with van der Waals surface area (Å²) >= 11 is 6.13. The zero-order chi connectivity index (χ0) is 22.5. The van der Waals surface area contributed by atoms with Gasteiger partial charge in [0.15, 0.2) is 0 Å². The van der Waals surface area contributed by atoms with Crippen LogP contribution in [0.4, 0.5) is 26.3 Å². The molecule has 0 N–H and O–H groups in total. The van der Waals surface area contributed by atoms with E-state index >= 15 is 0 Å². The average Bonchev–Trinajstić information content (AvgIpc) is 3.12. The Kier molecular flexibility index (Phi) is 11.7. The fraction of sp³-hybridized carbons (Fsp3) is 0.318. The molecule has 0 radical (unpaired) electrons. The summed E-state index contributed by atoms with van der Waals surface area (Å²) in [6.45, 7) is 2.18. The molecule has 0 saturated carbocycles. The van der Waals surface area contributed by atoms with E-state index in [2.05, 4.69) is 36.8 Å². The largest absolute Gasteiger partial charge is 0.416 e. The molecule has 0 aliphatic heterocycles. The second-order valence-electron chi connectivity index (χ2n) is 6.28. The predicted molar refractivity (Wildman–Crippen MR) is 122 cm³/mol. The molecule has 178 valence electrons. The fourth-order valence-corrected chi connectivity index (χ4v) is 3.60. The number of alkyl halides is 6. The Bertz CT molecular complexity index is 968. The second-order valence-corrected chi connectivity index (χ2v) is 8.11. The third kappa shape index (κ3) is 9.36. The number of halogens is 8. The van der Waals surface area contributed by atoms with E-state index in [1.807, 2.05) is 6.92 Å². The first-order chi connectivity index (χ1) is 13.9. The highest BCUT2D eigenvalue weighted by Crippen LogP contribution is 2.33. The zero-order valence-corrected chi connectivity index (χ0v) is 18.7. The van der Waals surface area contributed by atoms with Crippen LogP contribution in [0.3, 0.4) is 0 Å². The molecule has 2 nitrogen and oxygen atoms in total. The smallest absolute Gasteiger partial charge is 0.333 e. The van der Waals surface area contributed by atoms with Crippen LogP contribution >= 0.6 is 31.9 Å². The first-order valence-corrected chi connectivity index (χ1v) is 10.2. The highest BCUT2D eigenvalue weighted by molar-refractivity contribution is 9.10. The molecule has 32 heavy (non-hydrogen) atoms. The van der Waals surface area contributed by atoms with Gasteiger partial charge in [0.25, 0.3) is 0 Å². The van der Waals surface area contributed by atoms with E-state index in [4.69, 9.17) is 0 Å². The Hall–Kier alpha value is -1.81. The van der Waals surface area contributed by atoms with Gasteiger partial charge in [-0.1, -0.05) is 53.6 Å². The maximum atomic E-state index is 12.6. The number of benzene rings is 2. The third-order valence-corrected chi connectivity index (χ3v) is 4.82. The van der Waals surface area contributed by atoms with Crippen LogP contribution in [0.5, 0.6) is 0 Å². The molecule has 0 saturated heterocycles. The molecule has 2 aromatic carbocycles. The first-order valence-electron chi connectivity index (χ1n) is 8.57. The normalized spacial score (nSPS) is 11.0. The lowest BCUT2D eigenvalue weighted by Crippen LogP contribution is -2.06. The topological polar surface area (TPSA) is 17.8 Å². The van der Waals surface area contributed by atoms with Gasteiger partial charge in [0.2, 0.25) is 0 Å². The van der Waals surface area contributed by atoms with Gasteiger partial charge in [-0.3, -0.25) is 0 Å².